The zero-order valence-corrected chi connectivity index (χ0v) is 9.37. The van der Waals surface area contributed by atoms with Gasteiger partial charge < -0.3 is 5.32 Å². The van der Waals surface area contributed by atoms with Crippen LogP contribution in [0.25, 0.3) is 0 Å². The van der Waals surface area contributed by atoms with Gasteiger partial charge in [-0.2, -0.15) is 0 Å². The summed E-state index contributed by atoms with van der Waals surface area (Å²) in [5.74, 6) is 2.47. The van der Waals surface area contributed by atoms with E-state index in [4.69, 9.17) is 0 Å². The molecule has 2 bridgehead atoms. The Balaban J connectivity index is 1.54. The van der Waals surface area contributed by atoms with Gasteiger partial charge in [0, 0.05) is 12.0 Å². The minimum atomic E-state index is 0.351. The third-order valence-corrected chi connectivity index (χ3v) is 4.79. The molecule has 0 saturated heterocycles. The Labute approximate surface area is 91.8 Å². The fraction of sp³-hybridized carbons (Fsp3) is 0.923. The summed E-state index contributed by atoms with van der Waals surface area (Å²) in [4.78, 5) is 12.0. The summed E-state index contributed by atoms with van der Waals surface area (Å²) in [6.45, 7) is 0. The van der Waals surface area contributed by atoms with Gasteiger partial charge in [-0.25, -0.2) is 0 Å². The van der Waals surface area contributed by atoms with Gasteiger partial charge in [0.15, 0.2) is 0 Å². The Kier molecular flexibility index (Phi) is 2.45. The minimum absolute atomic E-state index is 0.351. The average Bonchev–Trinajstić information content (AvgIpc) is 2.95. The molecule has 0 unspecified atom stereocenters. The van der Waals surface area contributed by atoms with Crippen LogP contribution in [0.15, 0.2) is 0 Å². The van der Waals surface area contributed by atoms with Crippen molar-refractivity contribution in [3.8, 4) is 0 Å². The lowest BCUT2D eigenvalue weighted by molar-refractivity contribution is -0.125. The van der Waals surface area contributed by atoms with E-state index in [1.165, 1.54) is 38.5 Å². The first-order valence-corrected chi connectivity index (χ1v) is 6.63. The van der Waals surface area contributed by atoms with Crippen molar-refractivity contribution in [2.45, 2.75) is 57.4 Å². The summed E-state index contributed by atoms with van der Waals surface area (Å²) in [6, 6.07) is 0.539. The van der Waals surface area contributed by atoms with Crippen LogP contribution in [0.2, 0.25) is 0 Å². The van der Waals surface area contributed by atoms with Crippen LogP contribution >= 0.6 is 0 Å². The van der Waals surface area contributed by atoms with Gasteiger partial charge >= 0.3 is 0 Å². The average molecular weight is 207 g/mol. The maximum Gasteiger partial charge on any atom is 0.223 e. The highest BCUT2D eigenvalue weighted by Gasteiger charge is 2.40. The Hall–Kier alpha value is -0.530. The van der Waals surface area contributed by atoms with E-state index in [-0.39, 0.29) is 0 Å². The normalized spacial score (nSPS) is 39.9. The highest BCUT2D eigenvalue weighted by atomic mass is 16.1. The van der Waals surface area contributed by atoms with Crippen molar-refractivity contribution in [1.29, 1.82) is 0 Å². The van der Waals surface area contributed by atoms with Crippen molar-refractivity contribution in [2.24, 2.45) is 17.8 Å². The van der Waals surface area contributed by atoms with E-state index in [2.05, 4.69) is 5.32 Å². The van der Waals surface area contributed by atoms with Gasteiger partial charge in [-0.3, -0.25) is 4.79 Å². The van der Waals surface area contributed by atoms with Crippen molar-refractivity contribution in [3.05, 3.63) is 0 Å². The molecule has 84 valence electrons. The molecule has 3 aliphatic rings. The topological polar surface area (TPSA) is 29.1 Å². The molecule has 3 atom stereocenters. The summed E-state index contributed by atoms with van der Waals surface area (Å²) in [5, 5.41) is 3.31. The van der Waals surface area contributed by atoms with E-state index < -0.39 is 0 Å². The highest BCUT2D eigenvalue weighted by molar-refractivity contribution is 5.79. The van der Waals surface area contributed by atoms with Gasteiger partial charge in [-0.15, -0.1) is 0 Å². The predicted molar refractivity (Wildman–Crippen MR) is 59.3 cm³/mol. The number of carbonyl (C=O) groups excluding carboxylic acids is 1. The maximum absolute atomic E-state index is 12.0. The summed E-state index contributed by atoms with van der Waals surface area (Å²) in [6.07, 6.45) is 10.2. The molecule has 0 aliphatic heterocycles. The Morgan fingerprint density at radius 2 is 1.80 bits per heavy atom. The minimum Gasteiger partial charge on any atom is -0.353 e. The number of hydrogen-bond donors (Lipinski definition) is 1. The van der Waals surface area contributed by atoms with E-state index in [1.807, 2.05) is 0 Å². The molecule has 2 heteroatoms. The molecule has 1 N–H and O–H groups in total. The van der Waals surface area contributed by atoms with Crippen molar-refractivity contribution in [1.82, 2.24) is 5.32 Å². The molecule has 3 fully saturated rings. The smallest absolute Gasteiger partial charge is 0.223 e. The Bertz CT molecular complexity index is 257. The van der Waals surface area contributed by atoms with Crippen LogP contribution < -0.4 is 5.32 Å². The van der Waals surface area contributed by atoms with E-state index in [0.29, 0.717) is 17.9 Å². The molecule has 0 heterocycles. The molecule has 0 spiro atoms. The standard InChI is InChI=1S/C13H21NO/c15-13(10-3-1-2-4-10)14-12-8-9-5-6-11(12)7-9/h9-12H,1-8H2,(H,14,15)/t9-,11+,12+/m0/s1. The molecule has 3 aliphatic carbocycles. The summed E-state index contributed by atoms with van der Waals surface area (Å²) >= 11 is 0. The van der Waals surface area contributed by atoms with Crippen molar-refractivity contribution >= 4 is 5.91 Å². The zero-order valence-electron chi connectivity index (χ0n) is 9.37. The van der Waals surface area contributed by atoms with Gasteiger partial charge in [0.05, 0.1) is 0 Å². The fourth-order valence-corrected chi connectivity index (χ4v) is 3.91. The maximum atomic E-state index is 12.0. The molecule has 3 saturated carbocycles. The SMILES string of the molecule is O=C(N[C@@H]1C[C@H]2CC[C@@H]1C2)C1CCCC1. The Morgan fingerprint density at radius 3 is 2.40 bits per heavy atom. The third-order valence-electron chi connectivity index (χ3n) is 4.79. The van der Waals surface area contributed by atoms with Gasteiger partial charge in [0.2, 0.25) is 5.91 Å². The van der Waals surface area contributed by atoms with Crippen LogP contribution in [-0.4, -0.2) is 11.9 Å². The van der Waals surface area contributed by atoms with Gasteiger partial charge in [0.1, 0.15) is 0 Å². The number of carbonyl (C=O) groups is 1. The first-order chi connectivity index (χ1) is 7.33. The van der Waals surface area contributed by atoms with Crippen LogP contribution in [0.3, 0.4) is 0 Å². The molecule has 3 rings (SSSR count). The largest absolute Gasteiger partial charge is 0.353 e. The van der Waals surface area contributed by atoms with E-state index in [0.717, 1.165) is 24.7 Å². The molecule has 0 aromatic carbocycles. The molecule has 0 aromatic heterocycles. The summed E-state index contributed by atoms with van der Waals surface area (Å²) < 4.78 is 0. The molecule has 0 radical (unpaired) electrons. The molecule has 15 heavy (non-hydrogen) atoms. The second-order valence-corrected chi connectivity index (χ2v) is 5.77. The molecular weight excluding hydrogens is 186 g/mol. The summed E-state index contributed by atoms with van der Waals surface area (Å²) in [5.41, 5.74) is 0. The number of nitrogens with one attached hydrogen (secondary N) is 1. The number of rotatable bonds is 2. The van der Waals surface area contributed by atoms with Crippen LogP contribution in [0.4, 0.5) is 0 Å². The molecule has 2 nitrogen and oxygen atoms in total. The van der Waals surface area contributed by atoms with Gasteiger partial charge in [-0.1, -0.05) is 19.3 Å². The molecule has 1 amide bonds. The third kappa shape index (κ3) is 1.79. The highest BCUT2D eigenvalue weighted by Crippen LogP contribution is 2.44. The van der Waals surface area contributed by atoms with Crippen LogP contribution in [0.1, 0.15) is 51.4 Å². The predicted octanol–water partition coefficient (Wildman–Crippen LogP) is 2.48. The first-order valence-electron chi connectivity index (χ1n) is 6.63. The van der Waals surface area contributed by atoms with Crippen LogP contribution in [0.5, 0.6) is 0 Å². The van der Waals surface area contributed by atoms with E-state index >= 15 is 0 Å². The number of amides is 1. The first kappa shape index (κ1) is 9.68. The molecular formula is C13H21NO. The van der Waals surface area contributed by atoms with E-state index in [9.17, 15) is 4.79 Å². The quantitative estimate of drug-likeness (QED) is 0.740. The molecule has 0 aromatic rings. The van der Waals surface area contributed by atoms with Gasteiger partial charge in [-0.05, 0) is 43.9 Å². The van der Waals surface area contributed by atoms with E-state index in [1.54, 1.807) is 0 Å². The van der Waals surface area contributed by atoms with Gasteiger partial charge in [0.25, 0.3) is 0 Å². The van der Waals surface area contributed by atoms with Crippen molar-refractivity contribution < 1.29 is 4.79 Å². The summed E-state index contributed by atoms with van der Waals surface area (Å²) in [7, 11) is 0. The monoisotopic (exact) mass is 207 g/mol. The van der Waals surface area contributed by atoms with Crippen molar-refractivity contribution in [2.75, 3.05) is 0 Å². The second kappa shape index (κ2) is 3.80. The lowest BCUT2D eigenvalue weighted by Gasteiger charge is -2.24. The Morgan fingerprint density at radius 1 is 1.00 bits per heavy atom. The van der Waals surface area contributed by atoms with Crippen molar-refractivity contribution in [3.63, 3.8) is 0 Å². The number of hydrogen-bond acceptors (Lipinski definition) is 1. The second-order valence-electron chi connectivity index (χ2n) is 5.77. The zero-order chi connectivity index (χ0) is 10.3. The van der Waals surface area contributed by atoms with Crippen LogP contribution in [0, 0.1) is 17.8 Å². The number of fused-ring (bicyclic) bond motifs is 2. The fourth-order valence-electron chi connectivity index (χ4n) is 3.91. The van der Waals surface area contributed by atoms with Crippen LogP contribution in [-0.2, 0) is 4.79 Å². The lowest BCUT2D eigenvalue weighted by Crippen LogP contribution is -2.41. The lowest BCUT2D eigenvalue weighted by atomic mass is 9.94.